The molecule has 2 aromatic rings. The molecule has 1 aromatic carbocycles. The van der Waals surface area contributed by atoms with Crippen molar-refractivity contribution in [2.45, 2.75) is 19.9 Å². The van der Waals surface area contributed by atoms with Crippen molar-refractivity contribution in [2.24, 2.45) is 0 Å². The van der Waals surface area contributed by atoms with Crippen LogP contribution in [0.2, 0.25) is 0 Å². The average molecular weight is 287 g/mol. The van der Waals surface area contributed by atoms with E-state index in [0.717, 1.165) is 5.56 Å². The molecule has 0 unspecified atom stereocenters. The Morgan fingerprint density at radius 1 is 1.24 bits per heavy atom. The van der Waals surface area contributed by atoms with Crippen molar-refractivity contribution >= 4 is 11.8 Å². The van der Waals surface area contributed by atoms with Crippen molar-refractivity contribution in [3.05, 3.63) is 36.0 Å². The number of nitrogens with one attached hydrogen (secondary N) is 1. The van der Waals surface area contributed by atoms with Crippen LogP contribution in [0, 0.1) is 0 Å². The topological polar surface area (TPSA) is 84.3 Å². The van der Waals surface area contributed by atoms with Crippen LogP contribution in [0.3, 0.4) is 0 Å². The van der Waals surface area contributed by atoms with Gasteiger partial charge in [0, 0.05) is 17.7 Å². The molecule has 0 aliphatic heterocycles. The van der Waals surface area contributed by atoms with Crippen LogP contribution in [0.25, 0.3) is 11.4 Å². The number of hydrogen-bond donors (Lipinski definition) is 2. The Morgan fingerprint density at radius 3 is 2.43 bits per heavy atom. The molecule has 2 rings (SSSR count). The normalized spacial score (nSPS) is 10.5. The molecular formula is C15H17N3O3. The van der Waals surface area contributed by atoms with Crippen molar-refractivity contribution in [3.8, 4) is 17.1 Å². The molecule has 0 atom stereocenters. The summed E-state index contributed by atoms with van der Waals surface area (Å²) < 4.78 is 5.10. The molecule has 1 aromatic heterocycles. The van der Waals surface area contributed by atoms with Crippen LogP contribution in [0.4, 0.5) is 5.82 Å². The quantitative estimate of drug-likeness (QED) is 0.879. The van der Waals surface area contributed by atoms with Gasteiger partial charge in [-0.25, -0.2) is 14.8 Å². The lowest BCUT2D eigenvalue weighted by atomic mass is 10.2. The fourth-order valence-electron chi connectivity index (χ4n) is 1.80. The highest BCUT2D eigenvalue weighted by Crippen LogP contribution is 2.21. The number of ether oxygens (including phenoxy) is 1. The Kier molecular flexibility index (Phi) is 4.37. The van der Waals surface area contributed by atoms with Gasteiger partial charge >= 0.3 is 5.97 Å². The molecule has 0 bridgehead atoms. The van der Waals surface area contributed by atoms with E-state index < -0.39 is 5.97 Å². The molecule has 0 radical (unpaired) electrons. The smallest absolute Gasteiger partial charge is 0.354 e. The van der Waals surface area contributed by atoms with Gasteiger partial charge in [0.05, 0.1) is 7.11 Å². The first-order valence-corrected chi connectivity index (χ1v) is 6.53. The van der Waals surface area contributed by atoms with Crippen LogP contribution in [0.1, 0.15) is 24.3 Å². The van der Waals surface area contributed by atoms with E-state index >= 15 is 0 Å². The lowest BCUT2D eigenvalue weighted by Crippen LogP contribution is -2.13. The first kappa shape index (κ1) is 14.8. The second-order valence-electron chi connectivity index (χ2n) is 4.79. The minimum absolute atomic E-state index is 0.0426. The van der Waals surface area contributed by atoms with Crippen LogP contribution in [0.5, 0.6) is 5.75 Å². The van der Waals surface area contributed by atoms with Crippen LogP contribution >= 0.6 is 0 Å². The largest absolute Gasteiger partial charge is 0.497 e. The predicted molar refractivity (Wildman–Crippen MR) is 79.7 cm³/mol. The second-order valence-corrected chi connectivity index (χ2v) is 4.79. The van der Waals surface area contributed by atoms with Gasteiger partial charge in [-0.05, 0) is 38.1 Å². The van der Waals surface area contributed by atoms with Gasteiger partial charge in [0.15, 0.2) is 11.5 Å². The minimum Gasteiger partial charge on any atom is -0.497 e. The number of carbonyl (C=O) groups is 1. The highest BCUT2D eigenvalue weighted by atomic mass is 16.5. The number of aromatic carboxylic acids is 1. The molecule has 0 fully saturated rings. The highest BCUT2D eigenvalue weighted by Gasteiger charge is 2.12. The van der Waals surface area contributed by atoms with Crippen molar-refractivity contribution < 1.29 is 14.6 Å². The molecule has 0 aliphatic carbocycles. The van der Waals surface area contributed by atoms with Gasteiger partial charge in [-0.3, -0.25) is 0 Å². The molecule has 110 valence electrons. The Bertz CT molecular complexity index is 639. The van der Waals surface area contributed by atoms with Gasteiger partial charge in [0.1, 0.15) is 11.6 Å². The second kappa shape index (κ2) is 6.21. The van der Waals surface area contributed by atoms with Gasteiger partial charge in [0.25, 0.3) is 0 Å². The fourth-order valence-corrected chi connectivity index (χ4v) is 1.80. The van der Waals surface area contributed by atoms with Gasteiger partial charge in [-0.15, -0.1) is 0 Å². The number of rotatable bonds is 5. The third-order valence-electron chi connectivity index (χ3n) is 2.73. The van der Waals surface area contributed by atoms with Crippen LogP contribution < -0.4 is 10.1 Å². The maximum atomic E-state index is 11.2. The van der Waals surface area contributed by atoms with Crippen molar-refractivity contribution in [2.75, 3.05) is 12.4 Å². The molecule has 0 aliphatic rings. The first-order valence-electron chi connectivity index (χ1n) is 6.53. The van der Waals surface area contributed by atoms with E-state index in [1.807, 2.05) is 13.8 Å². The van der Waals surface area contributed by atoms with Crippen LogP contribution in [-0.4, -0.2) is 34.2 Å². The van der Waals surface area contributed by atoms with Gasteiger partial charge < -0.3 is 15.2 Å². The molecule has 0 amide bonds. The van der Waals surface area contributed by atoms with E-state index in [9.17, 15) is 4.79 Å². The summed E-state index contributed by atoms with van der Waals surface area (Å²) in [4.78, 5) is 19.6. The maximum absolute atomic E-state index is 11.2. The molecule has 0 saturated heterocycles. The molecule has 6 nitrogen and oxygen atoms in total. The number of carboxylic acids is 1. The Morgan fingerprint density at radius 2 is 1.90 bits per heavy atom. The summed E-state index contributed by atoms with van der Waals surface area (Å²) in [6.07, 6.45) is 0. The standard InChI is InChI=1S/C15H17N3O3/c1-9(2)16-13-8-12(15(19)20)17-14(18-13)10-4-6-11(21-3)7-5-10/h4-9H,1-3H3,(H,19,20)(H,16,17,18). The molecule has 0 saturated carbocycles. The molecule has 1 heterocycles. The summed E-state index contributed by atoms with van der Waals surface area (Å²) in [5.41, 5.74) is 0.685. The van der Waals surface area contributed by atoms with E-state index in [0.29, 0.717) is 17.4 Å². The van der Waals surface area contributed by atoms with Crippen molar-refractivity contribution in [1.29, 1.82) is 0 Å². The number of carboxylic acid groups (broad SMARTS) is 1. The predicted octanol–water partition coefficient (Wildman–Crippen LogP) is 2.67. The SMILES string of the molecule is COc1ccc(-c2nc(NC(C)C)cc(C(=O)O)n2)cc1. The third-order valence-corrected chi connectivity index (χ3v) is 2.73. The summed E-state index contributed by atoms with van der Waals surface area (Å²) in [5.74, 6) is 0.483. The number of anilines is 1. The summed E-state index contributed by atoms with van der Waals surface area (Å²) in [6.45, 7) is 3.91. The molecule has 21 heavy (non-hydrogen) atoms. The maximum Gasteiger partial charge on any atom is 0.354 e. The van der Waals surface area contributed by atoms with Gasteiger partial charge in [-0.1, -0.05) is 0 Å². The molecule has 6 heteroatoms. The molecule has 0 spiro atoms. The number of hydrogen-bond acceptors (Lipinski definition) is 5. The number of aromatic nitrogens is 2. The van der Waals surface area contributed by atoms with Gasteiger partial charge in [0.2, 0.25) is 0 Å². The van der Waals surface area contributed by atoms with Crippen LogP contribution in [0.15, 0.2) is 30.3 Å². The number of nitrogens with zero attached hydrogens (tertiary/aromatic N) is 2. The first-order chi connectivity index (χ1) is 9.99. The van der Waals surface area contributed by atoms with E-state index in [2.05, 4.69) is 15.3 Å². The van der Waals surface area contributed by atoms with Crippen molar-refractivity contribution in [3.63, 3.8) is 0 Å². The zero-order chi connectivity index (χ0) is 15.4. The Hall–Kier alpha value is -2.63. The summed E-state index contributed by atoms with van der Waals surface area (Å²) >= 11 is 0. The third kappa shape index (κ3) is 3.68. The van der Waals surface area contributed by atoms with Gasteiger partial charge in [-0.2, -0.15) is 0 Å². The summed E-state index contributed by atoms with van der Waals surface area (Å²) in [7, 11) is 1.58. The summed E-state index contributed by atoms with van der Waals surface area (Å²) in [5, 5.41) is 12.3. The Labute approximate surface area is 122 Å². The van der Waals surface area contributed by atoms with Crippen LogP contribution in [-0.2, 0) is 0 Å². The lowest BCUT2D eigenvalue weighted by Gasteiger charge is -2.11. The average Bonchev–Trinajstić information content (AvgIpc) is 2.46. The van der Waals surface area contributed by atoms with E-state index in [-0.39, 0.29) is 11.7 Å². The molecule has 2 N–H and O–H groups in total. The lowest BCUT2D eigenvalue weighted by molar-refractivity contribution is 0.0690. The van der Waals surface area contributed by atoms with E-state index in [1.54, 1.807) is 31.4 Å². The zero-order valence-electron chi connectivity index (χ0n) is 12.1. The number of benzene rings is 1. The molecular weight excluding hydrogens is 270 g/mol. The monoisotopic (exact) mass is 287 g/mol. The zero-order valence-corrected chi connectivity index (χ0v) is 12.1. The highest BCUT2D eigenvalue weighted by molar-refractivity contribution is 5.87. The van der Waals surface area contributed by atoms with Crippen molar-refractivity contribution in [1.82, 2.24) is 9.97 Å². The van der Waals surface area contributed by atoms with E-state index in [4.69, 9.17) is 9.84 Å². The summed E-state index contributed by atoms with van der Waals surface area (Å²) in [6, 6.07) is 8.71. The van der Waals surface area contributed by atoms with E-state index in [1.165, 1.54) is 6.07 Å². The fraction of sp³-hybridized carbons (Fsp3) is 0.267. The minimum atomic E-state index is -1.08. The number of methoxy groups -OCH3 is 1. The Balaban J connectivity index is 2.45.